The van der Waals surface area contributed by atoms with Gasteiger partial charge in [0.2, 0.25) is 0 Å². The van der Waals surface area contributed by atoms with Crippen LogP contribution in [0.15, 0.2) is 30.3 Å². The number of nitrogens with zero attached hydrogens (tertiary/aromatic N) is 1. The second-order valence-corrected chi connectivity index (χ2v) is 7.08. The van der Waals surface area contributed by atoms with Gasteiger partial charge < -0.3 is 5.73 Å². The molecule has 0 aliphatic heterocycles. The summed E-state index contributed by atoms with van der Waals surface area (Å²) < 4.78 is 0. The van der Waals surface area contributed by atoms with E-state index in [9.17, 15) is 0 Å². The Kier molecular flexibility index (Phi) is 7.98. The van der Waals surface area contributed by atoms with E-state index in [4.69, 9.17) is 5.73 Å². The van der Waals surface area contributed by atoms with Crippen molar-refractivity contribution in [3.8, 4) is 0 Å². The summed E-state index contributed by atoms with van der Waals surface area (Å²) in [5.41, 5.74) is 7.75. The summed E-state index contributed by atoms with van der Waals surface area (Å²) in [7, 11) is 0. The predicted molar refractivity (Wildman–Crippen MR) is 93.3 cm³/mol. The van der Waals surface area contributed by atoms with Crippen molar-refractivity contribution >= 4 is 0 Å². The molecule has 0 spiro atoms. The zero-order chi connectivity index (χ0) is 15.8. The second-order valence-electron chi connectivity index (χ2n) is 7.08. The van der Waals surface area contributed by atoms with Gasteiger partial charge in [0.05, 0.1) is 0 Å². The molecule has 0 heterocycles. The van der Waals surface area contributed by atoms with Crippen LogP contribution in [0.25, 0.3) is 0 Å². The van der Waals surface area contributed by atoms with E-state index in [0.717, 1.165) is 24.9 Å². The number of benzene rings is 1. The molecule has 1 rings (SSSR count). The van der Waals surface area contributed by atoms with Crippen LogP contribution in [0.1, 0.15) is 59.1 Å². The van der Waals surface area contributed by atoms with Gasteiger partial charge in [-0.2, -0.15) is 0 Å². The summed E-state index contributed by atoms with van der Waals surface area (Å²) in [5, 5.41) is 0. The normalized spacial score (nSPS) is 14.9. The van der Waals surface area contributed by atoms with Gasteiger partial charge in [-0.15, -0.1) is 0 Å². The van der Waals surface area contributed by atoms with E-state index >= 15 is 0 Å². The summed E-state index contributed by atoms with van der Waals surface area (Å²) in [6.07, 6.45) is 2.48. The molecule has 120 valence electrons. The molecule has 0 aromatic heterocycles. The summed E-state index contributed by atoms with van der Waals surface area (Å²) >= 11 is 0. The molecule has 0 saturated heterocycles. The van der Waals surface area contributed by atoms with Crippen LogP contribution < -0.4 is 5.73 Å². The van der Waals surface area contributed by atoms with Gasteiger partial charge in [0, 0.05) is 12.1 Å². The van der Waals surface area contributed by atoms with Gasteiger partial charge in [-0.1, -0.05) is 58.0 Å². The fraction of sp³-hybridized carbons (Fsp3) is 0.684. The largest absolute Gasteiger partial charge is 0.323 e. The van der Waals surface area contributed by atoms with E-state index in [1.165, 1.54) is 18.4 Å². The maximum Gasteiger partial charge on any atom is 0.0450 e. The average molecular weight is 290 g/mol. The number of nitrogens with two attached hydrogens (primary N) is 1. The van der Waals surface area contributed by atoms with Crippen LogP contribution >= 0.6 is 0 Å². The summed E-state index contributed by atoms with van der Waals surface area (Å²) in [6, 6.07) is 11.0. The van der Waals surface area contributed by atoms with Gasteiger partial charge in [-0.05, 0) is 50.3 Å². The van der Waals surface area contributed by atoms with Crippen molar-refractivity contribution in [3.05, 3.63) is 35.9 Å². The highest BCUT2D eigenvalue weighted by Gasteiger charge is 2.21. The minimum atomic E-state index is 0.0884. The third-order valence-electron chi connectivity index (χ3n) is 4.27. The summed E-state index contributed by atoms with van der Waals surface area (Å²) in [4.78, 5) is 2.58. The molecule has 0 radical (unpaired) electrons. The lowest BCUT2D eigenvalue weighted by Gasteiger charge is -2.34. The minimum absolute atomic E-state index is 0.0884. The van der Waals surface area contributed by atoms with Crippen LogP contribution in [0.4, 0.5) is 0 Å². The quantitative estimate of drug-likeness (QED) is 0.727. The Morgan fingerprint density at radius 1 is 0.857 bits per heavy atom. The second kappa shape index (κ2) is 9.22. The van der Waals surface area contributed by atoms with Gasteiger partial charge in [0.1, 0.15) is 0 Å². The van der Waals surface area contributed by atoms with E-state index in [2.05, 4.69) is 69.9 Å². The molecule has 0 aliphatic rings. The third kappa shape index (κ3) is 6.62. The van der Waals surface area contributed by atoms with Crippen LogP contribution in [0, 0.1) is 11.8 Å². The highest BCUT2D eigenvalue weighted by Crippen LogP contribution is 2.20. The van der Waals surface area contributed by atoms with Gasteiger partial charge in [0.25, 0.3) is 0 Å². The highest BCUT2D eigenvalue weighted by molar-refractivity contribution is 5.19. The molecular formula is C19H34N2. The van der Waals surface area contributed by atoms with Gasteiger partial charge in [0.15, 0.2) is 0 Å². The fourth-order valence-electron chi connectivity index (χ4n) is 2.55. The molecule has 2 nitrogen and oxygen atoms in total. The van der Waals surface area contributed by atoms with Crippen LogP contribution in [0.3, 0.4) is 0 Å². The molecule has 2 atom stereocenters. The molecule has 2 N–H and O–H groups in total. The molecule has 1 aromatic rings. The van der Waals surface area contributed by atoms with Crippen LogP contribution in [-0.4, -0.2) is 24.0 Å². The van der Waals surface area contributed by atoms with Crippen LogP contribution in [-0.2, 0) is 0 Å². The van der Waals surface area contributed by atoms with Crippen molar-refractivity contribution in [1.82, 2.24) is 4.90 Å². The molecule has 0 saturated carbocycles. The molecule has 21 heavy (non-hydrogen) atoms. The average Bonchev–Trinajstić information content (AvgIpc) is 2.46. The SMILES string of the molecule is CC(C)CCN(CCC(C)C)C(C)C(N)c1ccccc1. The van der Waals surface area contributed by atoms with E-state index in [1.54, 1.807) is 0 Å². The Morgan fingerprint density at radius 2 is 1.33 bits per heavy atom. The zero-order valence-corrected chi connectivity index (χ0v) is 14.5. The summed E-state index contributed by atoms with van der Waals surface area (Å²) in [6.45, 7) is 13.7. The lowest BCUT2D eigenvalue weighted by molar-refractivity contribution is 0.166. The number of hydrogen-bond donors (Lipinski definition) is 1. The van der Waals surface area contributed by atoms with E-state index in [-0.39, 0.29) is 6.04 Å². The first-order chi connectivity index (χ1) is 9.91. The van der Waals surface area contributed by atoms with E-state index < -0.39 is 0 Å². The van der Waals surface area contributed by atoms with E-state index in [0.29, 0.717) is 6.04 Å². The van der Waals surface area contributed by atoms with Crippen molar-refractivity contribution in [2.75, 3.05) is 13.1 Å². The topological polar surface area (TPSA) is 29.3 Å². The molecule has 0 amide bonds. The van der Waals surface area contributed by atoms with Gasteiger partial charge in [-0.25, -0.2) is 0 Å². The molecule has 2 unspecified atom stereocenters. The zero-order valence-electron chi connectivity index (χ0n) is 14.5. The standard InChI is InChI=1S/C19H34N2/c1-15(2)11-13-21(14-12-16(3)4)17(5)19(20)18-9-7-6-8-10-18/h6-10,15-17,19H,11-14,20H2,1-5H3. The molecule has 2 heteroatoms. The lowest BCUT2D eigenvalue weighted by Crippen LogP contribution is -2.42. The first kappa shape index (κ1) is 18.2. The number of rotatable bonds is 9. The first-order valence-corrected chi connectivity index (χ1v) is 8.46. The van der Waals surface area contributed by atoms with E-state index in [1.807, 2.05) is 0 Å². The molecule has 0 aliphatic carbocycles. The highest BCUT2D eigenvalue weighted by atomic mass is 15.2. The fourth-order valence-corrected chi connectivity index (χ4v) is 2.55. The monoisotopic (exact) mass is 290 g/mol. The Labute approximate surface area is 131 Å². The lowest BCUT2D eigenvalue weighted by atomic mass is 9.98. The van der Waals surface area contributed by atoms with Crippen LogP contribution in [0.2, 0.25) is 0 Å². The molecule has 1 aromatic carbocycles. The third-order valence-corrected chi connectivity index (χ3v) is 4.27. The number of hydrogen-bond acceptors (Lipinski definition) is 2. The Balaban J connectivity index is 2.70. The van der Waals surface area contributed by atoms with Crippen molar-refractivity contribution in [1.29, 1.82) is 0 Å². The maximum atomic E-state index is 6.51. The van der Waals surface area contributed by atoms with Crippen molar-refractivity contribution in [2.24, 2.45) is 17.6 Å². The smallest absolute Gasteiger partial charge is 0.0450 e. The van der Waals surface area contributed by atoms with Crippen molar-refractivity contribution in [3.63, 3.8) is 0 Å². The summed E-state index contributed by atoms with van der Waals surface area (Å²) in [5.74, 6) is 1.48. The predicted octanol–water partition coefficient (Wildman–Crippen LogP) is 4.47. The Bertz CT molecular complexity index is 360. The maximum absolute atomic E-state index is 6.51. The Morgan fingerprint density at radius 3 is 1.76 bits per heavy atom. The molecule has 0 fully saturated rings. The van der Waals surface area contributed by atoms with Gasteiger partial charge in [-0.3, -0.25) is 4.90 Å². The molecule has 0 bridgehead atoms. The van der Waals surface area contributed by atoms with Gasteiger partial charge >= 0.3 is 0 Å². The minimum Gasteiger partial charge on any atom is -0.323 e. The first-order valence-electron chi connectivity index (χ1n) is 8.46. The van der Waals surface area contributed by atoms with Crippen LogP contribution in [0.5, 0.6) is 0 Å². The van der Waals surface area contributed by atoms with Crippen molar-refractivity contribution < 1.29 is 0 Å². The Hall–Kier alpha value is -0.860. The molecular weight excluding hydrogens is 256 g/mol. The van der Waals surface area contributed by atoms with Crippen molar-refractivity contribution in [2.45, 2.75) is 59.5 Å².